The number of benzene rings is 2. The minimum absolute atomic E-state index is 0.197. The van der Waals surface area contributed by atoms with Crippen LogP contribution in [0.5, 0.6) is 0 Å². The Labute approximate surface area is 119 Å². The van der Waals surface area contributed by atoms with Gasteiger partial charge in [-0.15, -0.1) is 0 Å². The van der Waals surface area contributed by atoms with Gasteiger partial charge in [0.05, 0.1) is 11.6 Å². The Kier molecular flexibility index (Phi) is 4.29. The first-order chi connectivity index (χ1) is 9.82. The molecule has 0 amide bonds. The fraction of sp³-hybridized carbons (Fsp3) is 0.200. The summed E-state index contributed by atoms with van der Waals surface area (Å²) in [4.78, 5) is 0. The van der Waals surface area contributed by atoms with Gasteiger partial charge in [0.2, 0.25) is 0 Å². The molecule has 6 heteroatoms. The number of halogens is 4. The van der Waals surface area contributed by atoms with Crippen molar-refractivity contribution in [3.05, 3.63) is 70.5 Å². The van der Waals surface area contributed by atoms with Crippen molar-refractivity contribution in [3.8, 4) is 0 Å². The summed E-state index contributed by atoms with van der Waals surface area (Å²) >= 11 is 0. The first-order valence-corrected chi connectivity index (χ1v) is 6.22. The normalized spacial score (nSPS) is 13.2. The molecule has 3 N–H and O–H groups in total. The van der Waals surface area contributed by atoms with E-state index in [1.54, 1.807) is 13.0 Å². The summed E-state index contributed by atoms with van der Waals surface area (Å²) in [5.74, 6) is 4.89. The van der Waals surface area contributed by atoms with E-state index in [0.717, 1.165) is 17.7 Å². The molecule has 21 heavy (non-hydrogen) atoms. The molecule has 0 heterocycles. The Morgan fingerprint density at radius 3 is 2.38 bits per heavy atom. The summed E-state index contributed by atoms with van der Waals surface area (Å²) in [6.45, 7) is 1.72. The summed E-state index contributed by atoms with van der Waals surface area (Å²) in [5, 5.41) is 0. The van der Waals surface area contributed by atoms with E-state index >= 15 is 0 Å². The van der Waals surface area contributed by atoms with E-state index in [4.69, 9.17) is 5.84 Å². The van der Waals surface area contributed by atoms with E-state index < -0.39 is 23.6 Å². The van der Waals surface area contributed by atoms with Crippen LogP contribution in [0.3, 0.4) is 0 Å². The van der Waals surface area contributed by atoms with Gasteiger partial charge in [-0.05, 0) is 36.2 Å². The van der Waals surface area contributed by atoms with Crippen LogP contribution in [-0.2, 0) is 6.18 Å². The number of rotatable bonds is 3. The van der Waals surface area contributed by atoms with Crippen molar-refractivity contribution in [2.75, 3.05) is 0 Å². The number of hydrogen-bond donors (Lipinski definition) is 2. The molecule has 0 saturated heterocycles. The van der Waals surface area contributed by atoms with Crippen LogP contribution in [0.4, 0.5) is 17.6 Å². The van der Waals surface area contributed by atoms with Gasteiger partial charge in [-0.25, -0.2) is 9.82 Å². The molecule has 2 aromatic carbocycles. The predicted molar refractivity (Wildman–Crippen MR) is 71.7 cm³/mol. The van der Waals surface area contributed by atoms with Crippen molar-refractivity contribution in [1.29, 1.82) is 0 Å². The Morgan fingerprint density at radius 2 is 1.81 bits per heavy atom. The highest BCUT2D eigenvalue weighted by Crippen LogP contribution is 2.32. The minimum atomic E-state index is -4.46. The molecular weight excluding hydrogens is 284 g/mol. The molecule has 0 bridgehead atoms. The highest BCUT2D eigenvalue weighted by atomic mass is 19.4. The zero-order valence-corrected chi connectivity index (χ0v) is 11.2. The average molecular weight is 298 g/mol. The summed E-state index contributed by atoms with van der Waals surface area (Å²) < 4.78 is 52.2. The maximum absolute atomic E-state index is 14.0. The standard InChI is InChI=1S/C15H14F4N2/c1-9-5-6-12(13(16)7-9)14(21-20)10-3-2-4-11(8-10)15(17,18)19/h2-8,14,21H,20H2,1H3. The lowest BCUT2D eigenvalue weighted by atomic mass is 9.96. The van der Waals surface area contributed by atoms with Crippen molar-refractivity contribution in [2.24, 2.45) is 5.84 Å². The highest BCUT2D eigenvalue weighted by molar-refractivity contribution is 5.36. The lowest BCUT2D eigenvalue weighted by Crippen LogP contribution is -2.29. The maximum Gasteiger partial charge on any atom is 0.416 e. The van der Waals surface area contributed by atoms with Crippen LogP contribution in [0.1, 0.15) is 28.3 Å². The van der Waals surface area contributed by atoms with E-state index in [0.29, 0.717) is 0 Å². The molecule has 0 fully saturated rings. The SMILES string of the molecule is Cc1ccc(C(NN)c2cccc(C(F)(F)F)c2)c(F)c1. The smallest absolute Gasteiger partial charge is 0.271 e. The van der Waals surface area contributed by atoms with E-state index in [1.165, 1.54) is 24.3 Å². The summed E-state index contributed by atoms with van der Waals surface area (Å²) in [6.07, 6.45) is -4.46. The van der Waals surface area contributed by atoms with Gasteiger partial charge in [0.15, 0.2) is 0 Å². The van der Waals surface area contributed by atoms with Crippen LogP contribution in [0, 0.1) is 12.7 Å². The molecule has 0 saturated carbocycles. The van der Waals surface area contributed by atoms with Crippen molar-refractivity contribution < 1.29 is 17.6 Å². The molecule has 112 valence electrons. The predicted octanol–water partition coefficient (Wildman–Crippen LogP) is 3.71. The highest BCUT2D eigenvalue weighted by Gasteiger charge is 2.31. The molecule has 1 atom stereocenters. The number of nitrogens with one attached hydrogen (secondary N) is 1. The molecule has 0 aliphatic heterocycles. The molecule has 2 rings (SSSR count). The monoisotopic (exact) mass is 298 g/mol. The van der Waals surface area contributed by atoms with E-state index in [2.05, 4.69) is 5.43 Å². The van der Waals surface area contributed by atoms with Crippen LogP contribution in [0.25, 0.3) is 0 Å². The van der Waals surface area contributed by atoms with Crippen LogP contribution in [0.2, 0.25) is 0 Å². The van der Waals surface area contributed by atoms with Crippen LogP contribution in [-0.4, -0.2) is 0 Å². The van der Waals surface area contributed by atoms with Gasteiger partial charge in [0.25, 0.3) is 0 Å². The van der Waals surface area contributed by atoms with Crippen molar-refractivity contribution in [2.45, 2.75) is 19.1 Å². The number of hydrazine groups is 1. The first-order valence-electron chi connectivity index (χ1n) is 6.22. The van der Waals surface area contributed by atoms with Gasteiger partial charge in [-0.1, -0.05) is 24.3 Å². The first kappa shape index (κ1) is 15.5. The van der Waals surface area contributed by atoms with Crippen LogP contribution >= 0.6 is 0 Å². The Bertz CT molecular complexity index is 638. The van der Waals surface area contributed by atoms with Crippen molar-refractivity contribution in [3.63, 3.8) is 0 Å². The minimum Gasteiger partial charge on any atom is -0.271 e. The summed E-state index contributed by atoms with van der Waals surface area (Å²) in [7, 11) is 0. The molecule has 2 aromatic rings. The molecule has 0 aliphatic rings. The van der Waals surface area contributed by atoms with E-state index in [1.807, 2.05) is 0 Å². The van der Waals surface area contributed by atoms with Crippen LogP contribution < -0.4 is 11.3 Å². The third kappa shape index (κ3) is 3.40. The molecule has 2 nitrogen and oxygen atoms in total. The quantitative estimate of drug-likeness (QED) is 0.515. The third-order valence-corrected chi connectivity index (χ3v) is 3.18. The van der Waals surface area contributed by atoms with Gasteiger partial charge in [-0.2, -0.15) is 13.2 Å². The fourth-order valence-electron chi connectivity index (χ4n) is 2.13. The average Bonchev–Trinajstić information content (AvgIpc) is 2.41. The Morgan fingerprint density at radius 1 is 1.10 bits per heavy atom. The third-order valence-electron chi connectivity index (χ3n) is 3.18. The second kappa shape index (κ2) is 5.83. The number of nitrogens with two attached hydrogens (primary N) is 1. The summed E-state index contributed by atoms with van der Waals surface area (Å²) in [5.41, 5.74) is 2.73. The zero-order valence-electron chi connectivity index (χ0n) is 11.2. The molecule has 0 aromatic heterocycles. The lowest BCUT2D eigenvalue weighted by Gasteiger charge is -2.19. The largest absolute Gasteiger partial charge is 0.416 e. The van der Waals surface area contributed by atoms with Gasteiger partial charge in [0.1, 0.15) is 5.82 Å². The number of hydrogen-bond acceptors (Lipinski definition) is 2. The molecule has 0 radical (unpaired) electrons. The second-order valence-electron chi connectivity index (χ2n) is 4.75. The van der Waals surface area contributed by atoms with Crippen molar-refractivity contribution >= 4 is 0 Å². The van der Waals surface area contributed by atoms with Crippen LogP contribution in [0.15, 0.2) is 42.5 Å². The molecule has 0 aliphatic carbocycles. The van der Waals surface area contributed by atoms with E-state index in [9.17, 15) is 17.6 Å². The number of alkyl halides is 3. The second-order valence-corrected chi connectivity index (χ2v) is 4.75. The van der Waals surface area contributed by atoms with Gasteiger partial charge >= 0.3 is 6.18 Å². The van der Waals surface area contributed by atoms with E-state index in [-0.39, 0.29) is 11.1 Å². The Hall–Kier alpha value is -1.92. The van der Waals surface area contributed by atoms with Gasteiger partial charge < -0.3 is 0 Å². The summed E-state index contributed by atoms with van der Waals surface area (Å²) in [6, 6.07) is 8.31. The fourth-order valence-corrected chi connectivity index (χ4v) is 2.13. The lowest BCUT2D eigenvalue weighted by molar-refractivity contribution is -0.137. The van der Waals surface area contributed by atoms with Gasteiger partial charge in [-0.3, -0.25) is 5.84 Å². The zero-order chi connectivity index (χ0) is 15.6. The van der Waals surface area contributed by atoms with Gasteiger partial charge in [0, 0.05) is 5.56 Å². The molecule has 0 spiro atoms. The molecule has 1 unspecified atom stereocenters. The van der Waals surface area contributed by atoms with Crippen molar-refractivity contribution in [1.82, 2.24) is 5.43 Å². The Balaban J connectivity index is 2.47. The maximum atomic E-state index is 14.0. The number of aryl methyl sites for hydroxylation is 1. The topological polar surface area (TPSA) is 38.0 Å². The molecular formula is C15H14F4N2.